The first-order valence-corrected chi connectivity index (χ1v) is 9.49. The minimum Gasteiger partial charge on any atom is -0.368 e. The second kappa shape index (κ2) is 8.98. The number of urea groups is 1. The van der Waals surface area contributed by atoms with Gasteiger partial charge in [-0.2, -0.15) is 0 Å². The molecule has 0 saturated carbocycles. The number of ether oxygens (including phenoxy) is 1. The Bertz CT molecular complexity index is 631. The summed E-state index contributed by atoms with van der Waals surface area (Å²) in [7, 11) is 0. The van der Waals surface area contributed by atoms with Crippen LogP contribution < -0.4 is 5.32 Å². The minimum absolute atomic E-state index is 0.0657. The van der Waals surface area contributed by atoms with Crippen molar-refractivity contribution in [2.24, 2.45) is 0 Å². The van der Waals surface area contributed by atoms with Gasteiger partial charge < -0.3 is 19.9 Å². The Morgan fingerprint density at radius 1 is 1.19 bits per heavy atom. The molecule has 0 bridgehead atoms. The molecule has 2 aliphatic heterocycles. The highest BCUT2D eigenvalue weighted by atomic mass is 16.5. The molecular formula is C19H28N4O3. The van der Waals surface area contributed by atoms with Crippen molar-refractivity contribution in [2.45, 2.75) is 38.7 Å². The molecule has 0 radical (unpaired) electrons. The van der Waals surface area contributed by atoms with Crippen molar-refractivity contribution in [1.29, 1.82) is 0 Å². The molecule has 1 aromatic rings. The molecule has 7 nitrogen and oxygen atoms in total. The van der Waals surface area contributed by atoms with Crippen LogP contribution in [0.15, 0.2) is 18.2 Å². The Balaban J connectivity index is 1.43. The van der Waals surface area contributed by atoms with E-state index < -0.39 is 0 Å². The van der Waals surface area contributed by atoms with Crippen molar-refractivity contribution in [3.63, 3.8) is 0 Å². The maximum absolute atomic E-state index is 12.5. The van der Waals surface area contributed by atoms with E-state index >= 15 is 0 Å². The lowest BCUT2D eigenvalue weighted by Gasteiger charge is -2.24. The number of aryl methyl sites for hydroxylation is 1. The van der Waals surface area contributed by atoms with Gasteiger partial charge in [-0.05, 0) is 38.3 Å². The van der Waals surface area contributed by atoms with Gasteiger partial charge in [-0.25, -0.2) is 4.79 Å². The second-order valence-corrected chi connectivity index (χ2v) is 6.92. The smallest absolute Gasteiger partial charge is 0.317 e. The largest absolute Gasteiger partial charge is 0.368 e. The van der Waals surface area contributed by atoms with Crippen molar-refractivity contribution >= 4 is 11.9 Å². The molecule has 7 heteroatoms. The Morgan fingerprint density at radius 2 is 2.00 bits per heavy atom. The zero-order chi connectivity index (χ0) is 18.4. The summed E-state index contributed by atoms with van der Waals surface area (Å²) in [5.41, 5.74) is 1.96. The van der Waals surface area contributed by atoms with Crippen molar-refractivity contribution in [3.05, 3.63) is 29.6 Å². The van der Waals surface area contributed by atoms with Crippen molar-refractivity contribution in [1.82, 2.24) is 20.1 Å². The molecular weight excluding hydrogens is 332 g/mol. The van der Waals surface area contributed by atoms with Crippen LogP contribution in [0.2, 0.25) is 0 Å². The number of hydrogen-bond donors (Lipinski definition) is 1. The molecule has 3 amide bonds. The van der Waals surface area contributed by atoms with Gasteiger partial charge in [0.05, 0.1) is 0 Å². The third-order valence-electron chi connectivity index (χ3n) is 4.90. The number of pyridine rings is 1. The third-order valence-corrected chi connectivity index (χ3v) is 4.90. The van der Waals surface area contributed by atoms with Crippen LogP contribution in [0.25, 0.3) is 0 Å². The number of carbonyl (C=O) groups is 2. The summed E-state index contributed by atoms with van der Waals surface area (Å²) in [6.45, 7) is 5.69. The topological polar surface area (TPSA) is 74.8 Å². The quantitative estimate of drug-likeness (QED) is 0.880. The van der Waals surface area contributed by atoms with Gasteiger partial charge in [0, 0.05) is 57.1 Å². The molecule has 0 spiro atoms. The molecule has 3 heterocycles. The van der Waals surface area contributed by atoms with Crippen LogP contribution >= 0.6 is 0 Å². The fraction of sp³-hybridized carbons (Fsp3) is 0.632. The first-order valence-electron chi connectivity index (χ1n) is 9.49. The summed E-state index contributed by atoms with van der Waals surface area (Å²) in [5, 5.41) is 2.97. The monoisotopic (exact) mass is 360 g/mol. The zero-order valence-corrected chi connectivity index (χ0v) is 15.4. The van der Waals surface area contributed by atoms with E-state index in [4.69, 9.17) is 4.74 Å². The summed E-state index contributed by atoms with van der Waals surface area (Å²) >= 11 is 0. The molecule has 26 heavy (non-hydrogen) atoms. The molecule has 142 valence electrons. The van der Waals surface area contributed by atoms with Crippen LogP contribution in [0, 0.1) is 6.92 Å². The average Bonchev–Trinajstić information content (AvgIpc) is 3.05. The predicted molar refractivity (Wildman–Crippen MR) is 97.8 cm³/mol. The lowest BCUT2D eigenvalue weighted by atomic mass is 10.2. The lowest BCUT2D eigenvalue weighted by Crippen LogP contribution is -2.44. The van der Waals surface area contributed by atoms with Gasteiger partial charge in [-0.1, -0.05) is 6.07 Å². The van der Waals surface area contributed by atoms with Gasteiger partial charge in [0.1, 0.15) is 6.10 Å². The summed E-state index contributed by atoms with van der Waals surface area (Å²) in [5.74, 6) is 0.0790. The molecule has 3 rings (SSSR count). The number of aromatic nitrogens is 1. The number of nitrogens with one attached hydrogen (secondary N) is 1. The van der Waals surface area contributed by atoms with Crippen LogP contribution in [0.1, 0.15) is 30.7 Å². The van der Waals surface area contributed by atoms with Crippen LogP contribution in [0.5, 0.6) is 0 Å². The van der Waals surface area contributed by atoms with Gasteiger partial charge in [-0.3, -0.25) is 9.78 Å². The van der Waals surface area contributed by atoms with Crippen LogP contribution in [0.3, 0.4) is 0 Å². The molecule has 1 N–H and O–H groups in total. The highest BCUT2D eigenvalue weighted by molar-refractivity contribution is 5.81. The second-order valence-electron chi connectivity index (χ2n) is 6.92. The molecule has 1 unspecified atom stereocenters. The highest BCUT2D eigenvalue weighted by Crippen LogP contribution is 2.16. The standard InChI is InChI=1S/C19H28N4O3/c1-15-5-2-6-16(21-15)8-9-20-19(25)23-11-4-10-22(12-13-23)18(24)17-7-3-14-26-17/h2,5-6,17H,3-4,7-14H2,1H3,(H,20,25). The summed E-state index contributed by atoms with van der Waals surface area (Å²) in [4.78, 5) is 33.0. The zero-order valence-electron chi connectivity index (χ0n) is 15.4. The first-order chi connectivity index (χ1) is 12.6. The van der Waals surface area contributed by atoms with Crippen molar-refractivity contribution in [2.75, 3.05) is 39.3 Å². The van der Waals surface area contributed by atoms with E-state index in [0.29, 0.717) is 45.8 Å². The van der Waals surface area contributed by atoms with Gasteiger partial charge >= 0.3 is 6.03 Å². The van der Waals surface area contributed by atoms with E-state index in [1.165, 1.54) is 0 Å². The number of rotatable bonds is 4. The van der Waals surface area contributed by atoms with E-state index in [1.54, 1.807) is 4.90 Å². The van der Waals surface area contributed by atoms with Crippen LogP contribution in [0.4, 0.5) is 4.79 Å². The molecule has 2 fully saturated rings. The SMILES string of the molecule is Cc1cccc(CCNC(=O)N2CCCN(C(=O)C3CCCO3)CC2)n1. The highest BCUT2D eigenvalue weighted by Gasteiger charge is 2.30. The van der Waals surface area contributed by atoms with E-state index in [0.717, 1.165) is 30.7 Å². The molecule has 1 aromatic heterocycles. The Labute approximate surface area is 154 Å². The van der Waals surface area contributed by atoms with Gasteiger partial charge in [0.25, 0.3) is 5.91 Å². The molecule has 1 atom stereocenters. The van der Waals surface area contributed by atoms with Crippen LogP contribution in [-0.4, -0.2) is 72.2 Å². The van der Waals surface area contributed by atoms with Gasteiger partial charge in [-0.15, -0.1) is 0 Å². The average molecular weight is 360 g/mol. The van der Waals surface area contributed by atoms with E-state index in [2.05, 4.69) is 10.3 Å². The third kappa shape index (κ3) is 4.94. The maximum Gasteiger partial charge on any atom is 0.317 e. The molecule has 2 aliphatic rings. The summed E-state index contributed by atoms with van der Waals surface area (Å²) < 4.78 is 5.50. The number of nitrogens with zero attached hydrogens (tertiary/aromatic N) is 3. The molecule has 0 aromatic carbocycles. The van der Waals surface area contributed by atoms with Crippen molar-refractivity contribution < 1.29 is 14.3 Å². The maximum atomic E-state index is 12.5. The van der Waals surface area contributed by atoms with Crippen LogP contribution in [-0.2, 0) is 16.0 Å². The summed E-state index contributed by atoms with van der Waals surface area (Å²) in [6.07, 6.45) is 2.99. The van der Waals surface area contributed by atoms with Crippen molar-refractivity contribution in [3.8, 4) is 0 Å². The van der Waals surface area contributed by atoms with E-state index in [-0.39, 0.29) is 18.0 Å². The molecule has 2 saturated heterocycles. The minimum atomic E-state index is -0.280. The number of amides is 3. The molecule has 0 aliphatic carbocycles. The Kier molecular flexibility index (Phi) is 6.44. The predicted octanol–water partition coefficient (Wildman–Crippen LogP) is 1.36. The normalized spacial score (nSPS) is 20.7. The van der Waals surface area contributed by atoms with Gasteiger partial charge in [0.2, 0.25) is 0 Å². The van der Waals surface area contributed by atoms with E-state index in [9.17, 15) is 9.59 Å². The van der Waals surface area contributed by atoms with E-state index in [1.807, 2.05) is 30.0 Å². The summed E-state index contributed by atoms with van der Waals surface area (Å²) in [6, 6.07) is 5.85. The number of carbonyl (C=O) groups excluding carboxylic acids is 2. The number of hydrogen-bond acceptors (Lipinski definition) is 4. The Morgan fingerprint density at radius 3 is 2.77 bits per heavy atom. The fourth-order valence-electron chi connectivity index (χ4n) is 3.47. The Hall–Kier alpha value is -2.15. The lowest BCUT2D eigenvalue weighted by molar-refractivity contribution is -0.140. The first kappa shape index (κ1) is 18.6. The fourth-order valence-corrected chi connectivity index (χ4v) is 3.47. The van der Waals surface area contributed by atoms with Gasteiger partial charge in [0.15, 0.2) is 0 Å².